The van der Waals surface area contributed by atoms with Crippen molar-refractivity contribution in [2.24, 2.45) is 0 Å². The third kappa shape index (κ3) is 3.25. The van der Waals surface area contributed by atoms with Gasteiger partial charge in [-0.3, -0.25) is 14.5 Å². The Labute approximate surface area is 139 Å². The lowest BCUT2D eigenvalue weighted by Gasteiger charge is -2.28. The van der Waals surface area contributed by atoms with Crippen LogP contribution < -0.4 is 4.90 Å². The Bertz CT molecular complexity index is 550. The average Bonchev–Trinajstić information content (AvgIpc) is 2.75. The van der Waals surface area contributed by atoms with E-state index in [9.17, 15) is 9.59 Å². The van der Waals surface area contributed by atoms with Crippen molar-refractivity contribution in [3.63, 3.8) is 0 Å². The number of carbonyl (C=O) groups is 2. The van der Waals surface area contributed by atoms with Crippen LogP contribution in [0.4, 0.5) is 5.69 Å². The second kappa shape index (κ2) is 6.92. The Morgan fingerprint density at radius 2 is 1.50 bits per heavy atom. The number of carbonyl (C=O) groups excluding carboxylic acids is 2. The maximum atomic E-state index is 12.8. The van der Waals surface area contributed by atoms with Gasteiger partial charge in [0.1, 0.15) is 0 Å². The van der Waals surface area contributed by atoms with E-state index in [1.807, 2.05) is 24.3 Å². The molecule has 3 rings (SSSR count). The highest BCUT2D eigenvalue weighted by Crippen LogP contribution is 2.28. The van der Waals surface area contributed by atoms with Crippen molar-refractivity contribution in [1.29, 1.82) is 0 Å². The number of imide groups is 1. The molecule has 0 saturated carbocycles. The van der Waals surface area contributed by atoms with Gasteiger partial charge in [0, 0.05) is 4.47 Å². The van der Waals surface area contributed by atoms with Gasteiger partial charge < -0.3 is 0 Å². The fraction of sp³-hybridized carbons (Fsp3) is 0.529. The van der Waals surface area contributed by atoms with Crippen LogP contribution >= 0.6 is 15.9 Å². The molecule has 1 aromatic rings. The van der Waals surface area contributed by atoms with Crippen molar-refractivity contribution in [1.82, 2.24) is 4.90 Å². The first-order chi connectivity index (χ1) is 10.7. The van der Waals surface area contributed by atoms with Gasteiger partial charge in [-0.2, -0.15) is 0 Å². The highest BCUT2D eigenvalue weighted by molar-refractivity contribution is 9.10. The van der Waals surface area contributed by atoms with Crippen LogP contribution in [0, 0.1) is 0 Å². The number of hydrogen-bond donors (Lipinski definition) is 0. The Hall–Kier alpha value is -1.20. The Kier molecular flexibility index (Phi) is 4.93. The zero-order valence-corrected chi connectivity index (χ0v) is 14.2. The molecule has 2 aliphatic heterocycles. The molecule has 118 valence electrons. The van der Waals surface area contributed by atoms with Gasteiger partial charge in [-0.25, -0.2) is 4.90 Å². The summed E-state index contributed by atoms with van der Waals surface area (Å²) >= 11 is 3.38. The molecule has 2 aliphatic rings. The minimum atomic E-state index is -0.269. The summed E-state index contributed by atoms with van der Waals surface area (Å²) < 4.78 is 0.940. The van der Waals surface area contributed by atoms with Crippen LogP contribution in [0.15, 0.2) is 28.7 Å². The van der Waals surface area contributed by atoms with Crippen LogP contribution in [0.25, 0.3) is 0 Å². The topological polar surface area (TPSA) is 40.6 Å². The molecule has 2 amide bonds. The summed E-state index contributed by atoms with van der Waals surface area (Å²) in [6, 6.07) is 7.08. The summed E-state index contributed by atoms with van der Waals surface area (Å²) in [5.74, 6) is -0.146. The lowest BCUT2D eigenvalue weighted by molar-refractivity contribution is -0.123. The summed E-state index contributed by atoms with van der Waals surface area (Å²) in [7, 11) is 0. The van der Waals surface area contributed by atoms with Crippen molar-refractivity contribution >= 4 is 33.4 Å². The number of rotatable bonds is 2. The van der Waals surface area contributed by atoms with Gasteiger partial charge in [0.05, 0.1) is 18.2 Å². The molecular weight excluding hydrogens is 344 g/mol. The van der Waals surface area contributed by atoms with E-state index in [0.29, 0.717) is 12.1 Å². The lowest BCUT2D eigenvalue weighted by Crippen LogP contribution is -2.43. The predicted octanol–water partition coefficient (Wildman–Crippen LogP) is 3.35. The van der Waals surface area contributed by atoms with E-state index >= 15 is 0 Å². The zero-order chi connectivity index (χ0) is 15.5. The van der Waals surface area contributed by atoms with E-state index in [-0.39, 0.29) is 17.9 Å². The summed E-state index contributed by atoms with van der Waals surface area (Å²) in [5.41, 5.74) is 0.674. The highest BCUT2D eigenvalue weighted by atomic mass is 79.9. The number of hydrogen-bond acceptors (Lipinski definition) is 3. The lowest BCUT2D eigenvalue weighted by atomic mass is 10.1. The number of likely N-dealkylation sites (tertiary alicyclic amines) is 1. The normalized spacial score (nSPS) is 24.4. The van der Waals surface area contributed by atoms with Gasteiger partial charge in [-0.1, -0.05) is 35.2 Å². The van der Waals surface area contributed by atoms with Gasteiger partial charge in [0.2, 0.25) is 5.91 Å². The van der Waals surface area contributed by atoms with Crippen molar-refractivity contribution in [2.45, 2.75) is 44.6 Å². The maximum Gasteiger partial charge on any atom is 0.251 e. The second-order valence-electron chi connectivity index (χ2n) is 6.07. The molecular formula is C17H21BrN2O2. The smallest absolute Gasteiger partial charge is 0.251 e. The monoisotopic (exact) mass is 364 g/mol. The summed E-state index contributed by atoms with van der Waals surface area (Å²) in [6.07, 6.45) is 6.29. The van der Waals surface area contributed by atoms with Crippen LogP contribution in [-0.2, 0) is 9.59 Å². The zero-order valence-electron chi connectivity index (χ0n) is 12.6. The molecule has 0 unspecified atom stereocenters. The molecule has 1 aromatic carbocycles. The molecule has 0 aliphatic carbocycles. The van der Waals surface area contributed by atoms with Gasteiger partial charge >= 0.3 is 0 Å². The third-order valence-corrected chi connectivity index (χ3v) is 5.07. The minimum absolute atomic E-state index is 0.0621. The van der Waals surface area contributed by atoms with E-state index in [0.717, 1.165) is 30.4 Å². The first-order valence-electron chi connectivity index (χ1n) is 8.03. The van der Waals surface area contributed by atoms with Crippen molar-refractivity contribution in [2.75, 3.05) is 18.0 Å². The second-order valence-corrected chi connectivity index (χ2v) is 6.98. The first-order valence-corrected chi connectivity index (χ1v) is 8.82. The fourth-order valence-corrected chi connectivity index (χ4v) is 3.61. The number of halogens is 1. The molecule has 22 heavy (non-hydrogen) atoms. The van der Waals surface area contributed by atoms with Gasteiger partial charge in [0.15, 0.2) is 0 Å². The predicted molar refractivity (Wildman–Crippen MR) is 89.7 cm³/mol. The van der Waals surface area contributed by atoms with Crippen LogP contribution in [0.1, 0.15) is 38.5 Å². The highest BCUT2D eigenvalue weighted by Gasteiger charge is 2.42. The molecule has 2 heterocycles. The molecule has 0 N–H and O–H groups in total. The van der Waals surface area contributed by atoms with Gasteiger partial charge in [-0.15, -0.1) is 0 Å². The molecule has 2 saturated heterocycles. The summed E-state index contributed by atoms with van der Waals surface area (Å²) in [5, 5.41) is 0. The number of anilines is 1. The summed E-state index contributed by atoms with van der Waals surface area (Å²) in [4.78, 5) is 28.7. The largest absolute Gasteiger partial charge is 0.292 e. The van der Waals surface area contributed by atoms with E-state index in [1.54, 1.807) is 0 Å². The minimum Gasteiger partial charge on any atom is -0.292 e. The van der Waals surface area contributed by atoms with Crippen molar-refractivity contribution < 1.29 is 9.59 Å². The Morgan fingerprint density at radius 1 is 0.909 bits per heavy atom. The Morgan fingerprint density at radius 3 is 2.14 bits per heavy atom. The number of amides is 2. The van der Waals surface area contributed by atoms with Crippen molar-refractivity contribution in [3.05, 3.63) is 28.7 Å². The number of benzene rings is 1. The quantitative estimate of drug-likeness (QED) is 0.755. The van der Waals surface area contributed by atoms with Gasteiger partial charge in [-0.05, 0) is 50.2 Å². The molecule has 4 nitrogen and oxygen atoms in total. The maximum absolute atomic E-state index is 12.8. The summed E-state index contributed by atoms with van der Waals surface area (Å²) in [6.45, 7) is 1.86. The molecule has 1 atom stereocenters. The molecule has 0 radical (unpaired) electrons. The molecule has 0 bridgehead atoms. The molecule has 0 aromatic heterocycles. The van der Waals surface area contributed by atoms with Crippen molar-refractivity contribution in [3.8, 4) is 0 Å². The van der Waals surface area contributed by atoms with E-state index in [1.165, 1.54) is 24.2 Å². The van der Waals surface area contributed by atoms with E-state index in [2.05, 4.69) is 20.8 Å². The average molecular weight is 365 g/mol. The Balaban J connectivity index is 1.76. The van der Waals surface area contributed by atoms with Crippen LogP contribution in [0.3, 0.4) is 0 Å². The van der Waals surface area contributed by atoms with Crippen LogP contribution in [0.2, 0.25) is 0 Å². The van der Waals surface area contributed by atoms with Gasteiger partial charge in [0.25, 0.3) is 5.91 Å². The first kappa shape index (κ1) is 15.7. The van der Waals surface area contributed by atoms with E-state index < -0.39 is 0 Å². The third-order valence-electron chi connectivity index (χ3n) is 4.54. The molecule has 5 heteroatoms. The standard InChI is InChI=1S/C17H21BrN2O2/c18-13-6-8-14(9-7-13)20-16(21)12-15(17(20)22)19-10-4-2-1-3-5-11-19/h6-9,15H,1-5,10-12H2/t15-/m0/s1. The van der Waals surface area contributed by atoms with E-state index in [4.69, 9.17) is 0 Å². The van der Waals surface area contributed by atoms with Crippen LogP contribution in [0.5, 0.6) is 0 Å². The SMILES string of the molecule is O=C1C[C@H](N2CCCCCCC2)C(=O)N1c1ccc(Br)cc1. The molecule has 2 fully saturated rings. The number of nitrogens with zero attached hydrogens (tertiary/aromatic N) is 2. The van der Waals surface area contributed by atoms with Crippen LogP contribution in [-0.4, -0.2) is 35.8 Å². The fourth-order valence-electron chi connectivity index (χ4n) is 3.35. The molecule has 0 spiro atoms.